The second kappa shape index (κ2) is 6.25. The first-order chi connectivity index (χ1) is 9.89. The quantitative estimate of drug-likeness (QED) is 0.885. The Labute approximate surface area is 119 Å². The monoisotopic (exact) mass is 303 g/mol. The van der Waals surface area contributed by atoms with Gasteiger partial charge < -0.3 is 10.1 Å². The molecule has 21 heavy (non-hydrogen) atoms. The third-order valence-corrected chi connectivity index (χ3v) is 2.69. The van der Waals surface area contributed by atoms with Gasteiger partial charge in [0.05, 0.1) is 6.61 Å². The third-order valence-electron chi connectivity index (χ3n) is 2.69. The molecule has 1 unspecified atom stereocenters. The van der Waals surface area contributed by atoms with Crippen LogP contribution < -0.4 is 5.32 Å². The van der Waals surface area contributed by atoms with Crippen LogP contribution in [-0.2, 0) is 11.2 Å². The molecule has 0 bridgehead atoms. The largest absolute Gasteiger partial charge is 0.411 e. The third kappa shape index (κ3) is 4.28. The normalized spacial score (nSPS) is 13.6. The summed E-state index contributed by atoms with van der Waals surface area (Å²) in [5, 5.41) is 7.09. The predicted octanol–water partition coefficient (Wildman–Crippen LogP) is 2.07. The minimum Gasteiger partial charge on any atom is -0.370 e. The molecule has 1 atom stereocenters. The van der Waals surface area contributed by atoms with Gasteiger partial charge in [-0.05, 0) is 13.3 Å². The van der Waals surface area contributed by atoms with E-state index >= 15 is 0 Å². The van der Waals surface area contributed by atoms with E-state index < -0.39 is 12.8 Å². The topological polar surface area (TPSA) is 64.3 Å². The standard InChI is InChI=1S/C12H16F3N5O/c1-3-9-4-10(20-11(19-9)16-7-17-20)18-8(2)5-21-6-12(13,14)15/h4,7-8,18H,3,5-6H2,1-2H3. The summed E-state index contributed by atoms with van der Waals surface area (Å²) in [6.45, 7) is 2.35. The second-order valence-corrected chi connectivity index (χ2v) is 4.63. The van der Waals surface area contributed by atoms with Gasteiger partial charge in [-0.25, -0.2) is 4.98 Å². The van der Waals surface area contributed by atoms with Crippen LogP contribution in [0.3, 0.4) is 0 Å². The Morgan fingerprint density at radius 2 is 2.19 bits per heavy atom. The van der Waals surface area contributed by atoms with Crippen molar-refractivity contribution in [3.8, 4) is 0 Å². The molecule has 0 spiro atoms. The molecule has 0 aromatic carbocycles. The van der Waals surface area contributed by atoms with Crippen molar-refractivity contribution in [2.45, 2.75) is 32.5 Å². The van der Waals surface area contributed by atoms with Crippen LogP contribution >= 0.6 is 0 Å². The molecule has 0 radical (unpaired) electrons. The Hall–Kier alpha value is -1.90. The predicted molar refractivity (Wildman–Crippen MR) is 70.1 cm³/mol. The number of hydrogen-bond donors (Lipinski definition) is 1. The van der Waals surface area contributed by atoms with Crippen molar-refractivity contribution in [2.24, 2.45) is 0 Å². The van der Waals surface area contributed by atoms with E-state index in [1.54, 1.807) is 13.0 Å². The molecule has 0 amide bonds. The molecule has 9 heteroatoms. The van der Waals surface area contributed by atoms with Gasteiger partial charge in [0, 0.05) is 17.8 Å². The zero-order valence-electron chi connectivity index (χ0n) is 11.7. The molecular formula is C12H16F3N5O. The highest BCUT2D eigenvalue weighted by Crippen LogP contribution is 2.15. The van der Waals surface area contributed by atoms with Crippen molar-refractivity contribution in [2.75, 3.05) is 18.5 Å². The summed E-state index contributed by atoms with van der Waals surface area (Å²) in [6, 6.07) is 1.48. The zero-order chi connectivity index (χ0) is 15.5. The Morgan fingerprint density at radius 3 is 2.86 bits per heavy atom. The van der Waals surface area contributed by atoms with Gasteiger partial charge in [-0.2, -0.15) is 27.8 Å². The summed E-state index contributed by atoms with van der Waals surface area (Å²) in [7, 11) is 0. The summed E-state index contributed by atoms with van der Waals surface area (Å²) in [6.07, 6.45) is -2.22. The van der Waals surface area contributed by atoms with Crippen molar-refractivity contribution in [3.63, 3.8) is 0 Å². The van der Waals surface area contributed by atoms with Gasteiger partial charge >= 0.3 is 6.18 Å². The number of aryl methyl sites for hydroxylation is 1. The average molecular weight is 303 g/mol. The Kier molecular flexibility index (Phi) is 4.61. The van der Waals surface area contributed by atoms with E-state index in [0.717, 1.165) is 12.1 Å². The molecule has 1 N–H and O–H groups in total. The maximum atomic E-state index is 12.0. The number of nitrogens with zero attached hydrogens (tertiary/aromatic N) is 4. The molecule has 0 saturated heterocycles. The van der Waals surface area contributed by atoms with E-state index in [1.807, 2.05) is 6.92 Å². The van der Waals surface area contributed by atoms with Crippen LogP contribution in [0.25, 0.3) is 5.78 Å². The molecule has 0 saturated carbocycles. The van der Waals surface area contributed by atoms with Gasteiger partial charge in [-0.3, -0.25) is 0 Å². The van der Waals surface area contributed by atoms with Crippen molar-refractivity contribution >= 4 is 11.6 Å². The van der Waals surface area contributed by atoms with Crippen molar-refractivity contribution in [1.29, 1.82) is 0 Å². The summed E-state index contributed by atoms with van der Waals surface area (Å²) in [5.41, 5.74) is 0.821. The first kappa shape index (κ1) is 15.5. The Bertz CT molecular complexity index is 598. The van der Waals surface area contributed by atoms with E-state index in [9.17, 15) is 13.2 Å². The number of anilines is 1. The minimum absolute atomic E-state index is 0.0700. The van der Waals surface area contributed by atoms with Crippen molar-refractivity contribution in [1.82, 2.24) is 19.6 Å². The number of alkyl halides is 3. The van der Waals surface area contributed by atoms with Gasteiger partial charge in [0.15, 0.2) is 0 Å². The number of halogens is 3. The summed E-state index contributed by atoms with van der Waals surface area (Å²) in [4.78, 5) is 8.30. The lowest BCUT2D eigenvalue weighted by atomic mass is 10.3. The highest BCUT2D eigenvalue weighted by Gasteiger charge is 2.27. The highest BCUT2D eigenvalue weighted by atomic mass is 19.4. The van der Waals surface area contributed by atoms with Crippen LogP contribution in [-0.4, -0.2) is 45.0 Å². The second-order valence-electron chi connectivity index (χ2n) is 4.63. The molecule has 2 aromatic heterocycles. The van der Waals surface area contributed by atoms with E-state index in [2.05, 4.69) is 25.1 Å². The maximum absolute atomic E-state index is 12.0. The molecule has 2 heterocycles. The Morgan fingerprint density at radius 1 is 1.43 bits per heavy atom. The smallest absolute Gasteiger partial charge is 0.370 e. The molecule has 6 nitrogen and oxygen atoms in total. The van der Waals surface area contributed by atoms with Crippen LogP contribution in [0.4, 0.5) is 19.0 Å². The number of nitrogens with one attached hydrogen (secondary N) is 1. The molecule has 0 aliphatic carbocycles. The first-order valence-electron chi connectivity index (χ1n) is 6.49. The number of rotatable bonds is 6. The SMILES string of the molecule is CCc1cc(NC(C)COCC(F)(F)F)n2ncnc2n1. The molecule has 0 fully saturated rings. The zero-order valence-corrected chi connectivity index (χ0v) is 11.7. The number of fused-ring (bicyclic) bond motifs is 1. The number of aromatic nitrogens is 4. The fourth-order valence-corrected chi connectivity index (χ4v) is 1.79. The van der Waals surface area contributed by atoms with E-state index in [4.69, 9.17) is 0 Å². The Balaban J connectivity index is 2.03. The van der Waals surface area contributed by atoms with Gasteiger partial charge in [0.2, 0.25) is 0 Å². The van der Waals surface area contributed by atoms with Crippen molar-refractivity contribution in [3.05, 3.63) is 18.1 Å². The maximum Gasteiger partial charge on any atom is 0.411 e. The fraction of sp³-hybridized carbons (Fsp3) is 0.583. The fourth-order valence-electron chi connectivity index (χ4n) is 1.79. The summed E-state index contributed by atoms with van der Waals surface area (Å²) >= 11 is 0. The summed E-state index contributed by atoms with van der Waals surface area (Å²) in [5.74, 6) is 1.07. The molecule has 2 aromatic rings. The lowest BCUT2D eigenvalue weighted by Gasteiger charge is -2.17. The molecule has 0 aliphatic heterocycles. The van der Waals surface area contributed by atoms with E-state index in [-0.39, 0.29) is 12.6 Å². The van der Waals surface area contributed by atoms with E-state index in [0.29, 0.717) is 11.6 Å². The molecule has 0 aliphatic rings. The van der Waals surface area contributed by atoms with Crippen LogP contribution in [0.5, 0.6) is 0 Å². The molecule has 116 valence electrons. The van der Waals surface area contributed by atoms with E-state index in [1.165, 1.54) is 10.8 Å². The van der Waals surface area contributed by atoms with Gasteiger partial charge in [0.1, 0.15) is 18.8 Å². The van der Waals surface area contributed by atoms with Crippen LogP contribution in [0, 0.1) is 0 Å². The minimum atomic E-state index is -4.31. The first-order valence-corrected chi connectivity index (χ1v) is 6.49. The lowest BCUT2D eigenvalue weighted by molar-refractivity contribution is -0.174. The van der Waals surface area contributed by atoms with Gasteiger partial charge in [0.25, 0.3) is 5.78 Å². The van der Waals surface area contributed by atoms with Gasteiger partial charge in [-0.1, -0.05) is 6.92 Å². The summed E-state index contributed by atoms with van der Waals surface area (Å²) < 4.78 is 42.2. The molecular weight excluding hydrogens is 287 g/mol. The number of ether oxygens (including phenoxy) is 1. The molecule has 2 rings (SSSR count). The lowest BCUT2D eigenvalue weighted by Crippen LogP contribution is -2.27. The van der Waals surface area contributed by atoms with Gasteiger partial charge in [-0.15, -0.1) is 0 Å². The number of hydrogen-bond acceptors (Lipinski definition) is 5. The van der Waals surface area contributed by atoms with Crippen LogP contribution in [0.15, 0.2) is 12.4 Å². The van der Waals surface area contributed by atoms with Crippen LogP contribution in [0.1, 0.15) is 19.5 Å². The average Bonchev–Trinajstić information content (AvgIpc) is 2.85. The highest BCUT2D eigenvalue weighted by molar-refractivity contribution is 5.45. The van der Waals surface area contributed by atoms with Crippen LogP contribution in [0.2, 0.25) is 0 Å². The van der Waals surface area contributed by atoms with Crippen molar-refractivity contribution < 1.29 is 17.9 Å².